The van der Waals surface area contributed by atoms with E-state index in [1.807, 2.05) is 6.92 Å². The zero-order valence-corrected chi connectivity index (χ0v) is 9.75. The number of nitrogens with zero attached hydrogens (tertiary/aromatic N) is 1. The first-order valence-electron chi connectivity index (χ1n) is 5.31. The minimum Gasteiger partial charge on any atom is -0.488 e. The molecular formula is C10H21N3O2. The fourth-order valence-corrected chi connectivity index (χ4v) is 1.79. The normalized spacial score (nSPS) is 23.6. The molecule has 1 saturated heterocycles. The van der Waals surface area contributed by atoms with Gasteiger partial charge in [-0.2, -0.15) is 0 Å². The summed E-state index contributed by atoms with van der Waals surface area (Å²) in [6, 6.07) is 0. The molecule has 0 radical (unpaired) electrons. The van der Waals surface area contributed by atoms with Crippen molar-refractivity contribution in [3.8, 4) is 0 Å². The van der Waals surface area contributed by atoms with E-state index in [9.17, 15) is 0 Å². The third kappa shape index (κ3) is 3.28. The molecule has 3 N–H and O–H groups in total. The van der Waals surface area contributed by atoms with Crippen LogP contribution in [0.2, 0.25) is 0 Å². The lowest BCUT2D eigenvalue weighted by Gasteiger charge is -2.17. The molecule has 1 rings (SSSR count). The monoisotopic (exact) mass is 215 g/mol. The Bertz CT molecular complexity index is 225. The topological polar surface area (TPSA) is 59.8 Å². The summed E-state index contributed by atoms with van der Waals surface area (Å²) in [5.41, 5.74) is 2.47. The number of hydrazine groups is 1. The molecule has 1 heterocycles. The van der Waals surface area contributed by atoms with Gasteiger partial charge in [0.05, 0.1) is 7.11 Å². The van der Waals surface area contributed by atoms with Gasteiger partial charge < -0.3 is 9.47 Å². The van der Waals surface area contributed by atoms with Crippen molar-refractivity contribution in [2.75, 3.05) is 26.7 Å². The average molecular weight is 215 g/mol. The molecule has 1 aliphatic heterocycles. The molecule has 15 heavy (non-hydrogen) atoms. The van der Waals surface area contributed by atoms with Gasteiger partial charge in [0.15, 0.2) is 5.76 Å². The smallest absolute Gasteiger partial charge is 0.239 e. The van der Waals surface area contributed by atoms with E-state index in [2.05, 4.69) is 17.2 Å². The van der Waals surface area contributed by atoms with Gasteiger partial charge in [0.25, 0.3) is 0 Å². The Morgan fingerprint density at radius 1 is 1.60 bits per heavy atom. The number of allylic oxidation sites excluding steroid dienone is 1. The molecule has 1 atom stereocenters. The van der Waals surface area contributed by atoms with Crippen LogP contribution < -0.4 is 11.3 Å². The molecular weight excluding hydrogens is 194 g/mol. The third-order valence-electron chi connectivity index (χ3n) is 2.67. The second kappa shape index (κ2) is 5.82. The second-order valence-corrected chi connectivity index (χ2v) is 3.66. The minimum absolute atomic E-state index is 0.253. The van der Waals surface area contributed by atoms with E-state index in [0.717, 1.165) is 26.1 Å². The quantitative estimate of drug-likeness (QED) is 0.395. The van der Waals surface area contributed by atoms with Crippen molar-refractivity contribution in [3.63, 3.8) is 0 Å². The van der Waals surface area contributed by atoms with Crippen LogP contribution in [0.1, 0.15) is 20.3 Å². The Kier molecular flexibility index (Phi) is 4.71. The van der Waals surface area contributed by atoms with Crippen LogP contribution in [0.15, 0.2) is 11.6 Å². The first-order valence-corrected chi connectivity index (χ1v) is 5.31. The van der Waals surface area contributed by atoms with E-state index in [4.69, 9.17) is 15.3 Å². The van der Waals surface area contributed by atoms with E-state index in [1.54, 1.807) is 7.11 Å². The predicted octanol–water partition coefficient (Wildman–Crippen LogP) is 0.396. The van der Waals surface area contributed by atoms with Crippen molar-refractivity contribution < 1.29 is 9.47 Å². The highest BCUT2D eigenvalue weighted by Gasteiger charge is 2.23. The van der Waals surface area contributed by atoms with Gasteiger partial charge in [-0.15, -0.1) is 0 Å². The van der Waals surface area contributed by atoms with Gasteiger partial charge in [-0.05, 0) is 19.9 Å². The molecule has 0 aliphatic carbocycles. The van der Waals surface area contributed by atoms with Gasteiger partial charge in [0, 0.05) is 13.1 Å². The standard InChI is InChI=1S/C10H21N3O2/c1-4-13-6-5-9(7-13)15-8(2)10(12-11)14-3/h9,12H,4-7,11H2,1-3H3/b10-8-. The van der Waals surface area contributed by atoms with Crippen LogP contribution in [0.4, 0.5) is 0 Å². The number of likely N-dealkylation sites (N-methyl/N-ethyl adjacent to an activating group) is 1. The first kappa shape index (κ1) is 12.1. The third-order valence-corrected chi connectivity index (χ3v) is 2.67. The number of hydrogen-bond donors (Lipinski definition) is 2. The predicted molar refractivity (Wildman–Crippen MR) is 58.6 cm³/mol. The van der Waals surface area contributed by atoms with Crippen LogP contribution in [0.3, 0.4) is 0 Å². The van der Waals surface area contributed by atoms with Gasteiger partial charge in [-0.3, -0.25) is 10.3 Å². The number of likely N-dealkylation sites (tertiary alicyclic amines) is 1. The summed E-state index contributed by atoms with van der Waals surface area (Å²) in [5, 5.41) is 0. The summed E-state index contributed by atoms with van der Waals surface area (Å²) in [6.07, 6.45) is 1.32. The van der Waals surface area contributed by atoms with Gasteiger partial charge >= 0.3 is 0 Å². The fourth-order valence-electron chi connectivity index (χ4n) is 1.79. The van der Waals surface area contributed by atoms with E-state index in [1.165, 1.54) is 0 Å². The Balaban J connectivity index is 2.45. The zero-order valence-electron chi connectivity index (χ0n) is 9.75. The van der Waals surface area contributed by atoms with E-state index in [-0.39, 0.29) is 6.10 Å². The lowest BCUT2D eigenvalue weighted by Crippen LogP contribution is -2.26. The molecule has 5 nitrogen and oxygen atoms in total. The SMILES string of the molecule is CCN1CCC(O/C(C)=C(/NN)OC)C1. The minimum atomic E-state index is 0.253. The molecule has 0 bridgehead atoms. The molecule has 0 aromatic heterocycles. The maximum atomic E-state index is 5.76. The van der Waals surface area contributed by atoms with Crippen LogP contribution in [0.25, 0.3) is 0 Å². The largest absolute Gasteiger partial charge is 0.488 e. The van der Waals surface area contributed by atoms with Crippen molar-refractivity contribution in [3.05, 3.63) is 11.6 Å². The highest BCUT2D eigenvalue weighted by Crippen LogP contribution is 2.16. The van der Waals surface area contributed by atoms with Gasteiger partial charge in [-0.1, -0.05) is 6.92 Å². The Labute approximate surface area is 91.2 Å². The first-order chi connectivity index (χ1) is 7.21. The number of rotatable bonds is 5. The van der Waals surface area contributed by atoms with E-state index in [0.29, 0.717) is 11.6 Å². The molecule has 1 aliphatic rings. The van der Waals surface area contributed by atoms with E-state index >= 15 is 0 Å². The zero-order chi connectivity index (χ0) is 11.3. The fraction of sp³-hybridized carbons (Fsp3) is 0.800. The highest BCUT2D eigenvalue weighted by atomic mass is 16.5. The summed E-state index contributed by atoms with van der Waals surface area (Å²) < 4.78 is 10.8. The molecule has 1 unspecified atom stereocenters. The van der Waals surface area contributed by atoms with Crippen LogP contribution in [0.5, 0.6) is 0 Å². The number of nitrogens with one attached hydrogen (secondary N) is 1. The van der Waals surface area contributed by atoms with Crippen LogP contribution in [-0.2, 0) is 9.47 Å². The average Bonchev–Trinajstić information content (AvgIpc) is 2.67. The maximum Gasteiger partial charge on any atom is 0.239 e. The summed E-state index contributed by atoms with van der Waals surface area (Å²) in [5.74, 6) is 6.49. The summed E-state index contributed by atoms with van der Waals surface area (Å²) in [7, 11) is 1.56. The molecule has 5 heteroatoms. The number of hydrogen-bond acceptors (Lipinski definition) is 5. The molecule has 0 saturated carbocycles. The summed E-state index contributed by atoms with van der Waals surface area (Å²) >= 11 is 0. The summed E-state index contributed by atoms with van der Waals surface area (Å²) in [4.78, 5) is 2.36. The molecule has 88 valence electrons. The van der Waals surface area contributed by atoms with Crippen molar-refractivity contribution >= 4 is 0 Å². The number of ether oxygens (including phenoxy) is 2. The lowest BCUT2D eigenvalue weighted by molar-refractivity contribution is 0.101. The van der Waals surface area contributed by atoms with Crippen LogP contribution >= 0.6 is 0 Å². The van der Waals surface area contributed by atoms with Gasteiger partial charge in [0.2, 0.25) is 5.88 Å². The lowest BCUT2D eigenvalue weighted by atomic mass is 10.3. The molecule has 0 spiro atoms. The van der Waals surface area contributed by atoms with Crippen LogP contribution in [-0.4, -0.2) is 37.7 Å². The number of methoxy groups -OCH3 is 1. The number of nitrogens with two attached hydrogens (primary N) is 1. The van der Waals surface area contributed by atoms with Crippen molar-refractivity contribution in [1.82, 2.24) is 10.3 Å². The van der Waals surface area contributed by atoms with Crippen LogP contribution in [0, 0.1) is 0 Å². The van der Waals surface area contributed by atoms with Crippen molar-refractivity contribution in [2.24, 2.45) is 5.84 Å². The molecule has 0 amide bonds. The van der Waals surface area contributed by atoms with Crippen molar-refractivity contribution in [1.29, 1.82) is 0 Å². The maximum absolute atomic E-state index is 5.76. The van der Waals surface area contributed by atoms with E-state index < -0.39 is 0 Å². The Morgan fingerprint density at radius 3 is 2.80 bits per heavy atom. The second-order valence-electron chi connectivity index (χ2n) is 3.66. The highest BCUT2D eigenvalue weighted by molar-refractivity contribution is 4.96. The Hall–Kier alpha value is -0.940. The van der Waals surface area contributed by atoms with Gasteiger partial charge in [-0.25, -0.2) is 5.84 Å². The van der Waals surface area contributed by atoms with Gasteiger partial charge in [0.1, 0.15) is 6.10 Å². The molecule has 0 aromatic rings. The molecule has 1 fully saturated rings. The van der Waals surface area contributed by atoms with Crippen molar-refractivity contribution in [2.45, 2.75) is 26.4 Å². The summed E-state index contributed by atoms with van der Waals surface area (Å²) in [6.45, 7) is 7.18. The Morgan fingerprint density at radius 2 is 2.33 bits per heavy atom. The molecule has 0 aromatic carbocycles.